The third kappa shape index (κ3) is 3.87. The summed E-state index contributed by atoms with van der Waals surface area (Å²) in [5, 5.41) is 2.82. The molecular weight excluding hydrogens is 284 g/mol. The van der Waals surface area contributed by atoms with Gasteiger partial charge < -0.3 is 10.3 Å². The maximum absolute atomic E-state index is 11.9. The van der Waals surface area contributed by atoms with Crippen molar-refractivity contribution in [1.82, 2.24) is 10.3 Å². The summed E-state index contributed by atoms with van der Waals surface area (Å²) in [4.78, 5) is 14.7. The van der Waals surface area contributed by atoms with Crippen molar-refractivity contribution in [2.24, 2.45) is 5.92 Å². The predicted octanol–water partition coefficient (Wildman–Crippen LogP) is 1.30. The molecule has 5 nitrogen and oxygen atoms in total. The van der Waals surface area contributed by atoms with Crippen LogP contribution >= 0.6 is 12.2 Å². The van der Waals surface area contributed by atoms with Crippen LogP contribution in [0.3, 0.4) is 0 Å². The Morgan fingerprint density at radius 1 is 1.42 bits per heavy atom. The van der Waals surface area contributed by atoms with Crippen molar-refractivity contribution < 1.29 is 13.2 Å². The smallest absolute Gasteiger partial charge is 0.254 e. The summed E-state index contributed by atoms with van der Waals surface area (Å²) < 4.78 is 23.0. The van der Waals surface area contributed by atoms with E-state index in [0.717, 1.165) is 0 Å². The Kier molecular flexibility index (Phi) is 4.36. The predicted molar refractivity (Wildman–Crippen MR) is 75.3 cm³/mol. The van der Waals surface area contributed by atoms with Gasteiger partial charge >= 0.3 is 0 Å². The second-order valence-electron chi connectivity index (χ2n) is 4.72. The minimum absolute atomic E-state index is 0.213. The van der Waals surface area contributed by atoms with E-state index in [9.17, 15) is 13.2 Å². The van der Waals surface area contributed by atoms with Gasteiger partial charge in [-0.3, -0.25) is 4.79 Å². The van der Waals surface area contributed by atoms with Crippen LogP contribution in [-0.2, 0) is 9.84 Å². The number of pyridine rings is 1. The lowest BCUT2D eigenvalue weighted by Gasteiger charge is -2.22. The number of hydrogen-bond acceptors (Lipinski definition) is 4. The highest BCUT2D eigenvalue weighted by Gasteiger charge is 2.23. The molecule has 1 aromatic rings. The summed E-state index contributed by atoms with van der Waals surface area (Å²) in [6.07, 6.45) is 2.90. The van der Waals surface area contributed by atoms with Crippen LogP contribution in [0.1, 0.15) is 23.2 Å². The first-order valence-electron chi connectivity index (χ1n) is 6.14. The Bertz CT molecular complexity index is 608. The van der Waals surface area contributed by atoms with Gasteiger partial charge in [-0.15, -0.1) is 0 Å². The molecule has 2 rings (SSSR count). The van der Waals surface area contributed by atoms with Gasteiger partial charge in [0.15, 0.2) is 0 Å². The molecule has 2 N–H and O–H groups in total. The highest BCUT2D eigenvalue weighted by atomic mass is 32.2. The lowest BCUT2D eigenvalue weighted by molar-refractivity contribution is 0.0945. The molecule has 0 saturated carbocycles. The number of aromatic amines is 1. The number of carbonyl (C=O) groups is 1. The Labute approximate surface area is 117 Å². The van der Waals surface area contributed by atoms with Crippen molar-refractivity contribution in [2.75, 3.05) is 18.1 Å². The van der Waals surface area contributed by atoms with E-state index in [1.165, 1.54) is 0 Å². The average molecular weight is 300 g/mol. The minimum atomic E-state index is -2.85. The van der Waals surface area contributed by atoms with Gasteiger partial charge in [0.2, 0.25) is 0 Å². The molecule has 1 aromatic heterocycles. The van der Waals surface area contributed by atoms with Gasteiger partial charge in [-0.25, -0.2) is 8.42 Å². The summed E-state index contributed by atoms with van der Waals surface area (Å²) in [7, 11) is -2.85. The number of nitrogens with one attached hydrogen (secondary N) is 2. The van der Waals surface area contributed by atoms with Crippen LogP contribution in [0.5, 0.6) is 0 Å². The maximum atomic E-state index is 11.9. The van der Waals surface area contributed by atoms with Crippen LogP contribution < -0.4 is 5.32 Å². The fourth-order valence-corrected chi connectivity index (χ4v) is 3.89. The Hall–Kier alpha value is -1.21. The lowest BCUT2D eigenvalue weighted by atomic mass is 10.0. The fraction of sp³-hybridized carbons (Fsp3) is 0.500. The van der Waals surface area contributed by atoms with E-state index < -0.39 is 9.84 Å². The average Bonchev–Trinajstić information content (AvgIpc) is 2.38. The van der Waals surface area contributed by atoms with Gasteiger partial charge in [-0.05, 0) is 30.9 Å². The van der Waals surface area contributed by atoms with E-state index in [2.05, 4.69) is 10.3 Å². The molecule has 2 heterocycles. The molecular formula is C12H16N2O3S2. The Morgan fingerprint density at radius 3 is 2.74 bits per heavy atom. The van der Waals surface area contributed by atoms with E-state index in [1.54, 1.807) is 18.3 Å². The summed E-state index contributed by atoms with van der Waals surface area (Å²) in [6.45, 7) is 0.498. The monoisotopic (exact) mass is 300 g/mol. The van der Waals surface area contributed by atoms with Crippen molar-refractivity contribution in [3.63, 3.8) is 0 Å². The zero-order chi connectivity index (χ0) is 13.9. The van der Waals surface area contributed by atoms with Crippen LogP contribution in [0.15, 0.2) is 18.3 Å². The fourth-order valence-electron chi connectivity index (χ4n) is 2.08. The standard InChI is InChI=1S/C12H16N2O3S2/c15-11(10-2-1-5-13-12(10)18)14-8-9-3-6-19(16,17)7-4-9/h1-2,5,9H,3-4,6-8H2,(H,13,18)(H,14,15). The van der Waals surface area contributed by atoms with E-state index in [0.29, 0.717) is 29.6 Å². The second kappa shape index (κ2) is 5.83. The molecule has 0 atom stereocenters. The number of sulfone groups is 1. The van der Waals surface area contributed by atoms with Gasteiger partial charge in [0.1, 0.15) is 14.5 Å². The number of carbonyl (C=O) groups excluding carboxylic acids is 1. The number of aromatic nitrogens is 1. The molecule has 0 spiro atoms. The summed E-state index contributed by atoms with van der Waals surface area (Å²) in [6, 6.07) is 3.39. The van der Waals surface area contributed by atoms with E-state index in [-0.39, 0.29) is 23.3 Å². The first-order chi connectivity index (χ1) is 8.98. The van der Waals surface area contributed by atoms with Gasteiger partial charge in [0.05, 0.1) is 17.1 Å². The van der Waals surface area contributed by atoms with Crippen LogP contribution in [0.2, 0.25) is 0 Å². The minimum Gasteiger partial charge on any atom is -0.352 e. The van der Waals surface area contributed by atoms with Crippen molar-refractivity contribution in [2.45, 2.75) is 12.8 Å². The molecule has 1 aliphatic rings. The molecule has 1 fully saturated rings. The quantitative estimate of drug-likeness (QED) is 0.825. The van der Waals surface area contributed by atoms with Crippen molar-refractivity contribution >= 4 is 28.0 Å². The normalized spacial score (nSPS) is 18.9. The Balaban J connectivity index is 1.88. The number of hydrogen-bond donors (Lipinski definition) is 2. The molecule has 104 valence electrons. The molecule has 0 bridgehead atoms. The molecule has 0 aliphatic carbocycles. The van der Waals surface area contributed by atoms with Crippen LogP contribution in [-0.4, -0.2) is 37.4 Å². The molecule has 0 radical (unpaired) electrons. The lowest BCUT2D eigenvalue weighted by Crippen LogP contribution is -2.34. The molecule has 1 aliphatic heterocycles. The van der Waals surface area contributed by atoms with E-state index >= 15 is 0 Å². The van der Waals surface area contributed by atoms with E-state index in [4.69, 9.17) is 12.2 Å². The van der Waals surface area contributed by atoms with E-state index in [1.807, 2.05) is 0 Å². The molecule has 7 heteroatoms. The number of amides is 1. The Morgan fingerprint density at radius 2 is 2.11 bits per heavy atom. The second-order valence-corrected chi connectivity index (χ2v) is 7.43. The summed E-state index contributed by atoms with van der Waals surface area (Å²) in [5.41, 5.74) is 0.445. The largest absolute Gasteiger partial charge is 0.352 e. The first kappa shape index (κ1) is 14.2. The zero-order valence-electron chi connectivity index (χ0n) is 10.4. The van der Waals surface area contributed by atoms with Crippen molar-refractivity contribution in [1.29, 1.82) is 0 Å². The third-order valence-corrected chi connectivity index (χ3v) is 5.34. The number of H-pyrrole nitrogens is 1. The molecule has 0 unspecified atom stereocenters. The first-order valence-corrected chi connectivity index (χ1v) is 8.37. The van der Waals surface area contributed by atoms with Gasteiger partial charge in [-0.2, -0.15) is 0 Å². The molecule has 1 amide bonds. The van der Waals surface area contributed by atoms with Gasteiger partial charge in [0.25, 0.3) is 5.91 Å². The van der Waals surface area contributed by atoms with Crippen molar-refractivity contribution in [3.8, 4) is 0 Å². The third-order valence-electron chi connectivity index (χ3n) is 3.29. The van der Waals surface area contributed by atoms with Gasteiger partial charge in [0, 0.05) is 12.7 Å². The number of rotatable bonds is 3. The topological polar surface area (TPSA) is 79.0 Å². The SMILES string of the molecule is O=C(NCC1CCS(=O)(=O)CC1)c1ccc[nH]c1=S. The van der Waals surface area contributed by atoms with Crippen LogP contribution in [0, 0.1) is 10.6 Å². The van der Waals surface area contributed by atoms with Crippen LogP contribution in [0.4, 0.5) is 0 Å². The van der Waals surface area contributed by atoms with Gasteiger partial charge in [-0.1, -0.05) is 12.2 Å². The molecule has 19 heavy (non-hydrogen) atoms. The maximum Gasteiger partial charge on any atom is 0.254 e. The molecule has 1 saturated heterocycles. The van der Waals surface area contributed by atoms with Crippen LogP contribution in [0.25, 0.3) is 0 Å². The highest BCUT2D eigenvalue weighted by molar-refractivity contribution is 7.91. The molecule has 0 aromatic carbocycles. The summed E-state index contributed by atoms with van der Waals surface area (Å²) in [5.74, 6) is 0.460. The summed E-state index contributed by atoms with van der Waals surface area (Å²) >= 11 is 5.03. The highest BCUT2D eigenvalue weighted by Crippen LogP contribution is 2.18. The van der Waals surface area contributed by atoms with Crippen molar-refractivity contribution in [3.05, 3.63) is 28.5 Å². The zero-order valence-corrected chi connectivity index (χ0v) is 12.0.